The number of ether oxygens (including phenoxy) is 1. The van der Waals surface area contributed by atoms with Gasteiger partial charge in [-0.2, -0.15) is 0 Å². The van der Waals surface area contributed by atoms with E-state index in [1.165, 1.54) is 5.56 Å². The topological polar surface area (TPSA) is 57.2 Å². The number of nitrogens with zero attached hydrogens (tertiary/aromatic N) is 3. The third-order valence-corrected chi connectivity index (χ3v) is 5.32. The number of aliphatic imine (C=N–C) groups is 1. The number of nitrogens with one attached hydrogen (secondary N) is 1. The second-order valence-electron chi connectivity index (χ2n) is 7.90. The van der Waals surface area contributed by atoms with E-state index in [-0.39, 0.29) is 29.9 Å². The number of benzene rings is 2. The van der Waals surface area contributed by atoms with Crippen molar-refractivity contribution < 1.29 is 9.53 Å². The average Bonchev–Trinajstić information content (AvgIpc) is 3.23. The Bertz CT molecular complexity index is 840. The molecule has 1 aliphatic heterocycles. The summed E-state index contributed by atoms with van der Waals surface area (Å²) in [6, 6.07) is 18.0. The third kappa shape index (κ3) is 7.50. The number of hydrogen-bond acceptors (Lipinski definition) is 3. The molecule has 1 aliphatic rings. The summed E-state index contributed by atoms with van der Waals surface area (Å²) in [4.78, 5) is 20.3. The van der Waals surface area contributed by atoms with Gasteiger partial charge in [0.15, 0.2) is 5.96 Å². The lowest BCUT2D eigenvalue weighted by Crippen LogP contribution is -2.39. The highest BCUT2D eigenvalue weighted by Crippen LogP contribution is 2.17. The van der Waals surface area contributed by atoms with Crippen molar-refractivity contribution in [1.29, 1.82) is 0 Å². The molecule has 1 N–H and O–H groups in total. The Labute approximate surface area is 202 Å². The fraction of sp³-hybridized carbons (Fsp3) is 0.417. The molecule has 3 rings (SSSR count). The lowest BCUT2D eigenvalue weighted by Gasteiger charge is -2.22. The van der Waals surface area contributed by atoms with E-state index in [0.717, 1.165) is 37.6 Å². The molecule has 6 nitrogen and oxygen atoms in total. The molecule has 0 radical (unpaired) electrons. The third-order valence-electron chi connectivity index (χ3n) is 5.32. The van der Waals surface area contributed by atoms with Crippen LogP contribution in [-0.2, 0) is 17.9 Å². The molecule has 1 unspecified atom stereocenters. The van der Waals surface area contributed by atoms with Crippen LogP contribution in [0.1, 0.15) is 27.9 Å². The number of amides is 1. The number of carbonyl (C=O) groups excluding carboxylic acids is 1. The van der Waals surface area contributed by atoms with Crippen molar-refractivity contribution in [1.82, 2.24) is 15.1 Å². The van der Waals surface area contributed by atoms with E-state index in [1.807, 2.05) is 49.5 Å². The van der Waals surface area contributed by atoms with Crippen molar-refractivity contribution in [2.75, 3.05) is 40.8 Å². The number of likely N-dealkylation sites (tertiary alicyclic amines) is 1. The van der Waals surface area contributed by atoms with Crippen LogP contribution in [0.5, 0.6) is 0 Å². The van der Waals surface area contributed by atoms with Gasteiger partial charge in [-0.05, 0) is 29.7 Å². The Morgan fingerprint density at radius 3 is 2.48 bits per heavy atom. The summed E-state index contributed by atoms with van der Waals surface area (Å²) in [6.07, 6.45) is 1.11. The Balaban J connectivity index is 0.00000341. The summed E-state index contributed by atoms with van der Waals surface area (Å²) in [6.45, 7) is 4.04. The molecule has 1 amide bonds. The predicted octanol–water partition coefficient (Wildman–Crippen LogP) is 3.62. The van der Waals surface area contributed by atoms with E-state index in [0.29, 0.717) is 24.6 Å². The van der Waals surface area contributed by atoms with E-state index in [9.17, 15) is 4.79 Å². The molecule has 1 fully saturated rings. The Morgan fingerprint density at radius 2 is 1.84 bits per heavy atom. The quantitative estimate of drug-likeness (QED) is 0.334. The number of guanidine groups is 1. The van der Waals surface area contributed by atoms with Crippen molar-refractivity contribution in [2.24, 2.45) is 10.9 Å². The van der Waals surface area contributed by atoms with Crippen LogP contribution in [0.25, 0.3) is 0 Å². The molecule has 0 spiro atoms. The first kappa shape index (κ1) is 25.1. The summed E-state index contributed by atoms with van der Waals surface area (Å²) < 4.78 is 5.92. The van der Waals surface area contributed by atoms with Crippen LogP contribution in [0.2, 0.25) is 0 Å². The van der Waals surface area contributed by atoms with Gasteiger partial charge in [0, 0.05) is 52.3 Å². The number of hydrogen-bond donors (Lipinski definition) is 1. The monoisotopic (exact) mass is 536 g/mol. The van der Waals surface area contributed by atoms with Crippen LogP contribution in [0, 0.1) is 5.92 Å². The number of rotatable bonds is 7. The van der Waals surface area contributed by atoms with Crippen LogP contribution in [-0.4, -0.2) is 62.5 Å². The standard InChI is InChI=1S/C24H32N4O2.HI/c1-25-24(26-15-19-9-11-22(12-10-19)23(29)27(2)3)28-14-13-21(16-28)18-30-17-20-7-5-4-6-8-20;/h4-12,21H,13-18H2,1-3H3,(H,25,26);1H. The first-order chi connectivity index (χ1) is 14.6. The van der Waals surface area contributed by atoms with Gasteiger partial charge in [0.25, 0.3) is 5.91 Å². The zero-order chi connectivity index (χ0) is 21.3. The number of halogens is 1. The molecule has 0 saturated carbocycles. The van der Waals surface area contributed by atoms with Gasteiger partial charge in [-0.25, -0.2) is 0 Å². The molecule has 31 heavy (non-hydrogen) atoms. The van der Waals surface area contributed by atoms with E-state index >= 15 is 0 Å². The molecule has 168 valence electrons. The van der Waals surface area contributed by atoms with Crippen molar-refractivity contribution in [3.8, 4) is 0 Å². The van der Waals surface area contributed by atoms with Gasteiger partial charge in [-0.1, -0.05) is 42.5 Å². The molecule has 7 heteroatoms. The Hall–Kier alpha value is -2.13. The molecule has 2 aromatic rings. The van der Waals surface area contributed by atoms with Crippen LogP contribution in [0.15, 0.2) is 59.6 Å². The molecule has 0 aromatic heterocycles. The van der Waals surface area contributed by atoms with E-state index < -0.39 is 0 Å². The maximum absolute atomic E-state index is 12.0. The van der Waals surface area contributed by atoms with E-state index in [4.69, 9.17) is 4.74 Å². The second kappa shape index (κ2) is 12.7. The average molecular weight is 536 g/mol. The minimum atomic E-state index is 0. The number of carbonyl (C=O) groups is 1. The van der Waals surface area contributed by atoms with Crippen LogP contribution in [0.3, 0.4) is 0 Å². The summed E-state index contributed by atoms with van der Waals surface area (Å²) in [5, 5.41) is 3.44. The Kier molecular flexibility index (Phi) is 10.3. The lowest BCUT2D eigenvalue weighted by molar-refractivity contribution is 0.0827. The van der Waals surface area contributed by atoms with E-state index in [1.54, 1.807) is 19.0 Å². The van der Waals surface area contributed by atoms with Crippen LogP contribution < -0.4 is 5.32 Å². The first-order valence-corrected chi connectivity index (χ1v) is 10.4. The Morgan fingerprint density at radius 1 is 1.13 bits per heavy atom. The lowest BCUT2D eigenvalue weighted by atomic mass is 10.1. The second-order valence-corrected chi connectivity index (χ2v) is 7.90. The van der Waals surface area contributed by atoms with Crippen molar-refractivity contribution in [3.05, 3.63) is 71.3 Å². The van der Waals surface area contributed by atoms with Gasteiger partial charge < -0.3 is 19.9 Å². The molecule has 0 bridgehead atoms. The van der Waals surface area contributed by atoms with E-state index in [2.05, 4.69) is 27.3 Å². The molecule has 0 aliphatic carbocycles. The predicted molar refractivity (Wildman–Crippen MR) is 136 cm³/mol. The van der Waals surface area contributed by atoms with Gasteiger partial charge >= 0.3 is 0 Å². The highest BCUT2D eigenvalue weighted by atomic mass is 127. The van der Waals surface area contributed by atoms with Crippen LogP contribution in [0.4, 0.5) is 0 Å². The SMILES string of the molecule is CN=C(NCc1ccc(C(=O)N(C)C)cc1)N1CCC(COCc2ccccc2)C1.I. The van der Waals surface area contributed by atoms with Gasteiger partial charge in [0.05, 0.1) is 13.2 Å². The highest BCUT2D eigenvalue weighted by Gasteiger charge is 2.25. The first-order valence-electron chi connectivity index (χ1n) is 10.4. The normalized spacial score (nSPS) is 16.0. The molecular formula is C24H33IN4O2. The largest absolute Gasteiger partial charge is 0.376 e. The summed E-state index contributed by atoms with van der Waals surface area (Å²) in [5.74, 6) is 1.44. The molecular weight excluding hydrogens is 503 g/mol. The van der Waals surface area contributed by atoms with Gasteiger partial charge in [-0.3, -0.25) is 9.79 Å². The van der Waals surface area contributed by atoms with Gasteiger partial charge in [0.1, 0.15) is 0 Å². The zero-order valence-corrected chi connectivity index (χ0v) is 20.9. The minimum Gasteiger partial charge on any atom is -0.376 e. The molecule has 1 atom stereocenters. The molecule has 1 heterocycles. The summed E-state index contributed by atoms with van der Waals surface area (Å²) in [5.41, 5.74) is 3.03. The van der Waals surface area contributed by atoms with Crippen LogP contribution >= 0.6 is 24.0 Å². The fourth-order valence-corrected chi connectivity index (χ4v) is 3.62. The molecule has 1 saturated heterocycles. The summed E-state index contributed by atoms with van der Waals surface area (Å²) in [7, 11) is 5.34. The maximum Gasteiger partial charge on any atom is 0.253 e. The smallest absolute Gasteiger partial charge is 0.253 e. The fourth-order valence-electron chi connectivity index (χ4n) is 3.62. The highest BCUT2D eigenvalue weighted by molar-refractivity contribution is 14.0. The zero-order valence-electron chi connectivity index (χ0n) is 18.6. The van der Waals surface area contributed by atoms with Crippen molar-refractivity contribution in [3.63, 3.8) is 0 Å². The van der Waals surface area contributed by atoms with Gasteiger partial charge in [0.2, 0.25) is 0 Å². The van der Waals surface area contributed by atoms with Crippen molar-refractivity contribution in [2.45, 2.75) is 19.6 Å². The maximum atomic E-state index is 12.0. The minimum absolute atomic E-state index is 0. The molecule has 2 aromatic carbocycles. The summed E-state index contributed by atoms with van der Waals surface area (Å²) >= 11 is 0. The van der Waals surface area contributed by atoms with Crippen molar-refractivity contribution >= 4 is 35.8 Å². The van der Waals surface area contributed by atoms with Gasteiger partial charge in [-0.15, -0.1) is 24.0 Å².